The first-order valence-corrected chi connectivity index (χ1v) is 7.48. The number of pyridine rings is 1. The first kappa shape index (κ1) is 13.1. The Balaban J connectivity index is 2.34. The van der Waals surface area contributed by atoms with Crippen molar-refractivity contribution in [1.82, 2.24) is 9.97 Å². The van der Waals surface area contributed by atoms with Crippen LogP contribution in [0.1, 0.15) is 16.8 Å². The highest BCUT2D eigenvalue weighted by molar-refractivity contribution is 7.14. The lowest BCUT2D eigenvalue weighted by atomic mass is 10.0. The standard InChI is InChI=1S/C16H17N3S/c1-9-5-10(2)15-13(6-9)12(7-11(3)18-15)14-8-20-16(17-4)19-14/h5-8H,1-4H3,(H,17,19). The van der Waals surface area contributed by atoms with Crippen LogP contribution in [-0.4, -0.2) is 17.0 Å². The van der Waals surface area contributed by atoms with E-state index in [1.807, 2.05) is 14.0 Å². The molecule has 3 aromatic rings. The number of thiazole rings is 1. The summed E-state index contributed by atoms with van der Waals surface area (Å²) < 4.78 is 0. The zero-order valence-corrected chi connectivity index (χ0v) is 12.9. The Labute approximate surface area is 122 Å². The van der Waals surface area contributed by atoms with Gasteiger partial charge in [-0.3, -0.25) is 4.98 Å². The molecular formula is C16H17N3S. The van der Waals surface area contributed by atoms with E-state index in [-0.39, 0.29) is 0 Å². The molecular weight excluding hydrogens is 266 g/mol. The van der Waals surface area contributed by atoms with Gasteiger partial charge in [-0.05, 0) is 38.5 Å². The molecule has 3 nitrogen and oxygen atoms in total. The van der Waals surface area contributed by atoms with Crippen LogP contribution >= 0.6 is 11.3 Å². The third-order valence-electron chi connectivity index (χ3n) is 3.37. The third kappa shape index (κ3) is 2.16. The molecule has 0 unspecified atom stereocenters. The molecule has 102 valence electrons. The van der Waals surface area contributed by atoms with E-state index < -0.39 is 0 Å². The van der Waals surface area contributed by atoms with Crippen LogP contribution in [0.25, 0.3) is 22.2 Å². The van der Waals surface area contributed by atoms with Crippen LogP contribution in [0.3, 0.4) is 0 Å². The third-order valence-corrected chi connectivity index (χ3v) is 4.23. The van der Waals surface area contributed by atoms with Crippen LogP contribution in [0.2, 0.25) is 0 Å². The number of hydrogen-bond acceptors (Lipinski definition) is 4. The molecule has 0 atom stereocenters. The quantitative estimate of drug-likeness (QED) is 0.761. The van der Waals surface area contributed by atoms with Gasteiger partial charge in [0, 0.05) is 29.1 Å². The highest BCUT2D eigenvalue weighted by Crippen LogP contribution is 2.32. The van der Waals surface area contributed by atoms with Gasteiger partial charge < -0.3 is 5.32 Å². The first-order chi connectivity index (χ1) is 9.58. The van der Waals surface area contributed by atoms with Gasteiger partial charge in [-0.1, -0.05) is 11.6 Å². The molecule has 0 fully saturated rings. The SMILES string of the molecule is CNc1nc(-c2cc(C)nc3c(C)cc(C)cc23)cs1. The average Bonchev–Trinajstić information content (AvgIpc) is 2.87. The maximum atomic E-state index is 4.69. The largest absolute Gasteiger partial charge is 0.365 e. The second-order valence-electron chi connectivity index (χ2n) is 5.08. The monoisotopic (exact) mass is 283 g/mol. The van der Waals surface area contributed by atoms with Gasteiger partial charge in [-0.15, -0.1) is 11.3 Å². The maximum absolute atomic E-state index is 4.69. The maximum Gasteiger partial charge on any atom is 0.182 e. The molecule has 20 heavy (non-hydrogen) atoms. The van der Waals surface area contributed by atoms with Gasteiger partial charge in [0.05, 0.1) is 11.2 Å². The molecule has 3 rings (SSSR count). The molecule has 0 bridgehead atoms. The van der Waals surface area contributed by atoms with E-state index in [0.717, 1.165) is 27.6 Å². The summed E-state index contributed by atoms with van der Waals surface area (Å²) in [5.41, 5.74) is 6.75. The van der Waals surface area contributed by atoms with Crippen LogP contribution in [0.5, 0.6) is 0 Å². The Morgan fingerprint density at radius 3 is 2.55 bits per heavy atom. The Morgan fingerprint density at radius 2 is 1.85 bits per heavy atom. The summed E-state index contributed by atoms with van der Waals surface area (Å²) in [5.74, 6) is 0. The molecule has 1 aromatic carbocycles. The molecule has 4 heteroatoms. The fourth-order valence-corrected chi connectivity index (χ4v) is 3.20. The average molecular weight is 283 g/mol. The zero-order chi connectivity index (χ0) is 14.3. The minimum atomic E-state index is 0.937. The fraction of sp³-hybridized carbons (Fsp3) is 0.250. The number of rotatable bonds is 2. The van der Waals surface area contributed by atoms with Gasteiger partial charge in [0.1, 0.15) is 0 Å². The van der Waals surface area contributed by atoms with Crippen molar-refractivity contribution in [3.63, 3.8) is 0 Å². The Kier molecular flexibility index (Phi) is 3.18. The Morgan fingerprint density at radius 1 is 1.05 bits per heavy atom. The number of nitrogens with zero attached hydrogens (tertiary/aromatic N) is 2. The number of aromatic nitrogens is 2. The van der Waals surface area contributed by atoms with Crippen molar-refractivity contribution in [3.05, 3.63) is 40.4 Å². The smallest absolute Gasteiger partial charge is 0.182 e. The second kappa shape index (κ2) is 4.87. The normalized spacial score (nSPS) is 11.0. The molecule has 0 aliphatic heterocycles. The summed E-state index contributed by atoms with van der Waals surface area (Å²) >= 11 is 1.62. The minimum Gasteiger partial charge on any atom is -0.365 e. The lowest BCUT2D eigenvalue weighted by Gasteiger charge is -2.09. The topological polar surface area (TPSA) is 37.8 Å². The van der Waals surface area contributed by atoms with E-state index >= 15 is 0 Å². The van der Waals surface area contributed by atoms with Gasteiger partial charge in [-0.2, -0.15) is 0 Å². The first-order valence-electron chi connectivity index (χ1n) is 6.60. The molecule has 0 saturated carbocycles. The number of hydrogen-bond donors (Lipinski definition) is 1. The van der Waals surface area contributed by atoms with E-state index in [9.17, 15) is 0 Å². The molecule has 0 amide bonds. The molecule has 0 aliphatic rings. The molecule has 0 spiro atoms. The zero-order valence-electron chi connectivity index (χ0n) is 12.1. The van der Waals surface area contributed by atoms with Crippen molar-refractivity contribution >= 4 is 27.4 Å². The molecule has 0 aliphatic carbocycles. The Bertz CT molecular complexity index is 790. The van der Waals surface area contributed by atoms with E-state index in [1.54, 1.807) is 11.3 Å². The van der Waals surface area contributed by atoms with Crippen molar-refractivity contribution < 1.29 is 0 Å². The van der Waals surface area contributed by atoms with Crippen LogP contribution in [0, 0.1) is 20.8 Å². The van der Waals surface area contributed by atoms with Gasteiger partial charge in [0.15, 0.2) is 5.13 Å². The lowest BCUT2D eigenvalue weighted by molar-refractivity contribution is 1.23. The lowest BCUT2D eigenvalue weighted by Crippen LogP contribution is -1.93. The summed E-state index contributed by atoms with van der Waals surface area (Å²) in [6, 6.07) is 6.50. The minimum absolute atomic E-state index is 0.937. The van der Waals surface area contributed by atoms with Crippen molar-refractivity contribution in [2.24, 2.45) is 0 Å². The van der Waals surface area contributed by atoms with Crippen LogP contribution in [-0.2, 0) is 0 Å². The van der Waals surface area contributed by atoms with Gasteiger partial charge in [0.2, 0.25) is 0 Å². The number of aryl methyl sites for hydroxylation is 3. The van der Waals surface area contributed by atoms with Crippen molar-refractivity contribution in [2.45, 2.75) is 20.8 Å². The van der Waals surface area contributed by atoms with Crippen molar-refractivity contribution in [3.8, 4) is 11.3 Å². The fourth-order valence-electron chi connectivity index (χ4n) is 2.53. The second-order valence-corrected chi connectivity index (χ2v) is 5.94. The van der Waals surface area contributed by atoms with Crippen LogP contribution in [0.4, 0.5) is 5.13 Å². The van der Waals surface area contributed by atoms with E-state index in [1.165, 1.54) is 16.5 Å². The summed E-state index contributed by atoms with van der Waals surface area (Å²) in [6.07, 6.45) is 0. The van der Waals surface area contributed by atoms with Crippen LogP contribution in [0.15, 0.2) is 23.6 Å². The molecule has 2 aromatic heterocycles. The van der Waals surface area contributed by atoms with E-state index in [0.29, 0.717) is 0 Å². The van der Waals surface area contributed by atoms with Gasteiger partial charge in [-0.25, -0.2) is 4.98 Å². The predicted octanol–water partition coefficient (Wildman–Crippen LogP) is 4.33. The highest BCUT2D eigenvalue weighted by Gasteiger charge is 2.11. The summed E-state index contributed by atoms with van der Waals surface area (Å²) in [7, 11) is 1.90. The molecule has 1 N–H and O–H groups in total. The predicted molar refractivity (Wildman–Crippen MR) is 86.6 cm³/mol. The van der Waals surface area contributed by atoms with Crippen LogP contribution < -0.4 is 5.32 Å². The molecule has 0 radical (unpaired) electrons. The summed E-state index contributed by atoms with van der Waals surface area (Å²) in [4.78, 5) is 9.32. The summed E-state index contributed by atoms with van der Waals surface area (Å²) in [5, 5.41) is 7.31. The number of fused-ring (bicyclic) bond motifs is 1. The van der Waals surface area contributed by atoms with Crippen molar-refractivity contribution in [2.75, 3.05) is 12.4 Å². The van der Waals surface area contributed by atoms with E-state index in [4.69, 9.17) is 0 Å². The van der Waals surface area contributed by atoms with Crippen molar-refractivity contribution in [1.29, 1.82) is 0 Å². The number of benzene rings is 1. The highest BCUT2D eigenvalue weighted by atomic mass is 32.1. The number of nitrogens with one attached hydrogen (secondary N) is 1. The van der Waals surface area contributed by atoms with E-state index in [2.05, 4.69) is 52.7 Å². The van der Waals surface area contributed by atoms with Gasteiger partial charge in [0.25, 0.3) is 0 Å². The summed E-state index contributed by atoms with van der Waals surface area (Å²) in [6.45, 7) is 6.27. The molecule has 2 heterocycles. The Hall–Kier alpha value is -1.94. The van der Waals surface area contributed by atoms with Gasteiger partial charge >= 0.3 is 0 Å². The number of anilines is 1. The molecule has 0 saturated heterocycles.